The van der Waals surface area contributed by atoms with Crippen molar-refractivity contribution in [3.63, 3.8) is 0 Å². The molecule has 4 unspecified atom stereocenters. The van der Waals surface area contributed by atoms with Crippen molar-refractivity contribution in [2.75, 3.05) is 0 Å². The highest BCUT2D eigenvalue weighted by molar-refractivity contribution is 6.11. The number of rotatable bonds is 7. The molecule has 1 aromatic heterocycles. The lowest BCUT2D eigenvalue weighted by Crippen LogP contribution is -2.15. The number of hydrogen-bond acceptors (Lipinski definition) is 3. The number of hydrazine groups is 1. The predicted molar refractivity (Wildman–Crippen MR) is 220 cm³/mol. The van der Waals surface area contributed by atoms with Gasteiger partial charge < -0.3 is 4.57 Å². The van der Waals surface area contributed by atoms with Gasteiger partial charge in [0.05, 0.1) is 11.0 Å². The van der Waals surface area contributed by atoms with Crippen LogP contribution in [0.5, 0.6) is 0 Å². The smallest absolute Gasteiger partial charge is 0.142 e. The molecule has 10 rings (SSSR count). The molecule has 3 aliphatic rings. The maximum Gasteiger partial charge on any atom is 0.142 e. The normalized spacial score (nSPS) is 20.4. The highest BCUT2D eigenvalue weighted by Gasteiger charge is 2.41. The Morgan fingerprint density at radius 2 is 1.53 bits per heavy atom. The molecule has 2 aliphatic carbocycles. The van der Waals surface area contributed by atoms with E-state index in [1.807, 2.05) is 12.3 Å². The van der Waals surface area contributed by atoms with Gasteiger partial charge in [-0.2, -0.15) is 5.01 Å². The molecule has 4 heteroatoms. The van der Waals surface area contributed by atoms with Crippen LogP contribution in [0.1, 0.15) is 72.9 Å². The monoisotopic (exact) mass is 686 g/mol. The Morgan fingerprint density at radius 1 is 0.736 bits per heavy atom. The van der Waals surface area contributed by atoms with E-state index in [4.69, 9.17) is 4.99 Å². The Bertz CT molecular complexity index is 2620. The minimum absolute atomic E-state index is 0.0736. The van der Waals surface area contributed by atoms with Crippen molar-refractivity contribution in [3.8, 4) is 16.8 Å². The van der Waals surface area contributed by atoms with Crippen molar-refractivity contribution in [2.24, 2.45) is 10.9 Å². The lowest BCUT2D eigenvalue weighted by atomic mass is 9.82. The molecule has 258 valence electrons. The topological polar surface area (TPSA) is 42.2 Å². The first kappa shape index (κ1) is 31.9. The summed E-state index contributed by atoms with van der Waals surface area (Å²) in [7, 11) is 0. The van der Waals surface area contributed by atoms with Gasteiger partial charge in [-0.25, -0.2) is 5.43 Å². The first-order valence-electron chi connectivity index (χ1n) is 18.8. The number of aliphatic imine (C=N–C) groups is 1. The molecule has 1 saturated heterocycles. The van der Waals surface area contributed by atoms with Crippen LogP contribution in [0.3, 0.4) is 0 Å². The molecule has 4 atom stereocenters. The number of hydrogen-bond donors (Lipinski definition) is 1. The Morgan fingerprint density at radius 3 is 2.38 bits per heavy atom. The van der Waals surface area contributed by atoms with E-state index in [-0.39, 0.29) is 17.7 Å². The Labute approximate surface area is 311 Å². The summed E-state index contributed by atoms with van der Waals surface area (Å²) in [6, 6.07) is 51.0. The number of allylic oxidation sites excluding steroid dienone is 4. The van der Waals surface area contributed by atoms with Gasteiger partial charge in [0.15, 0.2) is 0 Å². The van der Waals surface area contributed by atoms with Gasteiger partial charge in [-0.3, -0.25) is 4.99 Å². The molecular weight excluding hydrogens is 645 g/mol. The summed E-state index contributed by atoms with van der Waals surface area (Å²) in [5.41, 5.74) is 18.8. The minimum atomic E-state index is -0.224. The second-order valence-electron chi connectivity index (χ2n) is 15.4. The molecule has 6 aromatic carbocycles. The van der Waals surface area contributed by atoms with Crippen LogP contribution in [0.2, 0.25) is 0 Å². The molecule has 0 saturated carbocycles. The number of benzene rings is 6. The van der Waals surface area contributed by atoms with Crippen molar-refractivity contribution < 1.29 is 0 Å². The fourth-order valence-corrected chi connectivity index (χ4v) is 8.77. The number of nitrogens with zero attached hydrogens (tertiary/aromatic N) is 3. The second kappa shape index (κ2) is 12.4. The Balaban J connectivity index is 1.05. The molecule has 1 aliphatic heterocycles. The van der Waals surface area contributed by atoms with E-state index >= 15 is 0 Å². The molecule has 0 spiro atoms. The van der Waals surface area contributed by atoms with Crippen LogP contribution in [0.25, 0.3) is 44.2 Å². The molecule has 0 amide bonds. The SMILES string of the molecule is CC1C=CC=C(c2ccc(C3NN3C(N=Cc3ccccc3)c3cccc(-n4c5ccccc5c5cc6c(cc54)C(C)(C)c4ccccc4-6)c3)cc2)C1. The highest BCUT2D eigenvalue weighted by Crippen LogP contribution is 2.51. The average molecular weight is 687 g/mol. The van der Waals surface area contributed by atoms with E-state index in [0.29, 0.717) is 5.92 Å². The molecule has 2 heterocycles. The van der Waals surface area contributed by atoms with Crippen LogP contribution in [-0.4, -0.2) is 15.8 Å². The molecule has 53 heavy (non-hydrogen) atoms. The zero-order chi connectivity index (χ0) is 35.7. The van der Waals surface area contributed by atoms with Crippen molar-refractivity contribution in [3.05, 3.63) is 191 Å². The maximum atomic E-state index is 5.25. The van der Waals surface area contributed by atoms with Gasteiger partial charge in [-0.05, 0) is 92.8 Å². The van der Waals surface area contributed by atoms with Crippen molar-refractivity contribution in [1.82, 2.24) is 15.0 Å². The van der Waals surface area contributed by atoms with Gasteiger partial charge in [-0.15, -0.1) is 0 Å². The van der Waals surface area contributed by atoms with Crippen molar-refractivity contribution >= 4 is 33.6 Å². The minimum Gasteiger partial charge on any atom is -0.309 e. The van der Waals surface area contributed by atoms with E-state index in [1.165, 1.54) is 60.8 Å². The number of aromatic nitrogens is 1. The van der Waals surface area contributed by atoms with Crippen LogP contribution in [0.4, 0.5) is 0 Å². The van der Waals surface area contributed by atoms with Gasteiger partial charge >= 0.3 is 0 Å². The lowest BCUT2D eigenvalue weighted by Gasteiger charge is -2.22. The van der Waals surface area contributed by atoms with Crippen molar-refractivity contribution in [2.45, 2.75) is 44.9 Å². The fourth-order valence-electron chi connectivity index (χ4n) is 8.77. The molecule has 1 fully saturated rings. The first-order chi connectivity index (χ1) is 25.9. The number of para-hydroxylation sites is 1. The van der Waals surface area contributed by atoms with E-state index in [1.54, 1.807) is 0 Å². The zero-order valence-electron chi connectivity index (χ0n) is 30.4. The third kappa shape index (κ3) is 5.40. The zero-order valence-corrected chi connectivity index (χ0v) is 30.4. The predicted octanol–water partition coefficient (Wildman–Crippen LogP) is 11.7. The Hall–Kier alpha value is -5.81. The maximum absolute atomic E-state index is 5.25. The number of fused-ring (bicyclic) bond motifs is 6. The molecule has 0 bridgehead atoms. The van der Waals surface area contributed by atoms with Gasteiger partial charge in [-0.1, -0.05) is 148 Å². The second-order valence-corrected chi connectivity index (χ2v) is 15.4. The first-order valence-corrected chi connectivity index (χ1v) is 18.8. The summed E-state index contributed by atoms with van der Waals surface area (Å²) in [6.07, 6.45) is 9.66. The molecule has 1 N–H and O–H groups in total. The molecule has 0 radical (unpaired) electrons. The summed E-state index contributed by atoms with van der Waals surface area (Å²) in [5, 5.41) is 4.82. The summed E-state index contributed by atoms with van der Waals surface area (Å²) >= 11 is 0. The standard InChI is InChI=1S/C49H42N4/c1-32-13-11-16-36(27-32)34-23-25-35(26-24-34)48-51-53(48)47(50-31-33-14-5-4-6-15-33)37-17-12-18-38(28-37)52-45-22-10-8-20-40(45)42-29-41-39-19-7-9-21-43(39)49(2,3)44(41)30-46(42)52/h4-26,28-32,47-48,51H,27H2,1-3H3. The van der Waals surface area contributed by atoms with Gasteiger partial charge in [0.1, 0.15) is 12.3 Å². The van der Waals surface area contributed by atoms with Crippen LogP contribution in [0, 0.1) is 5.92 Å². The molecule has 4 nitrogen and oxygen atoms in total. The number of nitrogens with one attached hydrogen (secondary N) is 1. The average Bonchev–Trinajstić information content (AvgIpc) is 3.87. The van der Waals surface area contributed by atoms with Crippen LogP contribution in [0.15, 0.2) is 163 Å². The fraction of sp³-hybridized carbons (Fsp3) is 0.163. The quantitative estimate of drug-likeness (QED) is 0.134. The Kier molecular flexibility index (Phi) is 7.47. The summed E-state index contributed by atoms with van der Waals surface area (Å²) in [6.45, 7) is 7.00. The van der Waals surface area contributed by atoms with Crippen LogP contribution < -0.4 is 5.43 Å². The van der Waals surface area contributed by atoms with Crippen LogP contribution in [-0.2, 0) is 5.41 Å². The largest absolute Gasteiger partial charge is 0.309 e. The summed E-state index contributed by atoms with van der Waals surface area (Å²) in [4.78, 5) is 5.25. The van der Waals surface area contributed by atoms with E-state index in [0.717, 1.165) is 23.2 Å². The van der Waals surface area contributed by atoms with Gasteiger partial charge in [0, 0.05) is 28.1 Å². The van der Waals surface area contributed by atoms with E-state index in [2.05, 4.69) is 187 Å². The van der Waals surface area contributed by atoms with Crippen LogP contribution >= 0.6 is 0 Å². The highest BCUT2D eigenvalue weighted by atomic mass is 15.8. The summed E-state index contributed by atoms with van der Waals surface area (Å²) in [5.74, 6) is 0.571. The lowest BCUT2D eigenvalue weighted by molar-refractivity contribution is 0.371. The van der Waals surface area contributed by atoms with Crippen molar-refractivity contribution in [1.29, 1.82) is 0 Å². The third-order valence-electron chi connectivity index (χ3n) is 11.6. The van der Waals surface area contributed by atoms with Gasteiger partial charge in [0.2, 0.25) is 0 Å². The molecular formula is C49H42N4. The van der Waals surface area contributed by atoms with E-state index in [9.17, 15) is 0 Å². The third-order valence-corrected chi connectivity index (χ3v) is 11.6. The van der Waals surface area contributed by atoms with Gasteiger partial charge in [0.25, 0.3) is 0 Å². The van der Waals surface area contributed by atoms with E-state index < -0.39 is 0 Å². The summed E-state index contributed by atoms with van der Waals surface area (Å²) < 4.78 is 2.45. The molecule has 7 aromatic rings.